The average molecular weight is 282 g/mol. The molecule has 1 heterocycles. The standard InChI is InChI=1S/C11H12ClN5S/c1-18-11-16-7-15-10(17-11)14-6-13-9-4-2-3-8(12)5-9/h2-5,7,13H,6H2,1H3,(H,14,15,16,17). The maximum Gasteiger partial charge on any atom is 0.228 e. The lowest BCUT2D eigenvalue weighted by Crippen LogP contribution is -2.14. The minimum absolute atomic E-state index is 0.512. The van der Waals surface area contributed by atoms with E-state index in [0.29, 0.717) is 22.8 Å². The van der Waals surface area contributed by atoms with Crippen molar-refractivity contribution in [3.8, 4) is 0 Å². The Morgan fingerprint density at radius 3 is 2.94 bits per heavy atom. The van der Waals surface area contributed by atoms with Gasteiger partial charge < -0.3 is 10.6 Å². The number of nitrogens with zero attached hydrogens (tertiary/aromatic N) is 3. The van der Waals surface area contributed by atoms with Gasteiger partial charge in [0.2, 0.25) is 5.95 Å². The Kier molecular flexibility index (Phi) is 4.60. The molecule has 0 unspecified atom stereocenters. The monoisotopic (exact) mass is 281 g/mol. The molecule has 0 aliphatic rings. The summed E-state index contributed by atoms with van der Waals surface area (Å²) in [4.78, 5) is 12.2. The van der Waals surface area contributed by atoms with Gasteiger partial charge in [-0.25, -0.2) is 9.97 Å². The third-order valence-electron chi connectivity index (χ3n) is 2.10. The maximum absolute atomic E-state index is 5.88. The molecule has 0 saturated carbocycles. The van der Waals surface area contributed by atoms with E-state index in [-0.39, 0.29) is 0 Å². The minimum atomic E-state index is 0.512. The van der Waals surface area contributed by atoms with Crippen LogP contribution < -0.4 is 10.6 Å². The largest absolute Gasteiger partial charge is 0.368 e. The molecule has 0 amide bonds. The molecule has 2 N–H and O–H groups in total. The zero-order valence-corrected chi connectivity index (χ0v) is 11.3. The summed E-state index contributed by atoms with van der Waals surface area (Å²) in [6.45, 7) is 0.512. The second-order valence-electron chi connectivity index (χ2n) is 3.34. The number of rotatable bonds is 5. The minimum Gasteiger partial charge on any atom is -0.368 e. The lowest BCUT2D eigenvalue weighted by Gasteiger charge is -2.08. The number of anilines is 2. The summed E-state index contributed by atoms with van der Waals surface area (Å²) in [5.41, 5.74) is 0.939. The SMILES string of the molecule is CSc1ncnc(NCNc2cccc(Cl)c2)n1. The Morgan fingerprint density at radius 2 is 2.17 bits per heavy atom. The first-order valence-electron chi connectivity index (χ1n) is 5.24. The van der Waals surface area contributed by atoms with Crippen molar-refractivity contribution in [3.05, 3.63) is 35.6 Å². The highest BCUT2D eigenvalue weighted by Gasteiger charge is 1.98. The van der Waals surface area contributed by atoms with E-state index in [9.17, 15) is 0 Å². The van der Waals surface area contributed by atoms with Crippen molar-refractivity contribution in [1.82, 2.24) is 15.0 Å². The predicted molar refractivity (Wildman–Crippen MR) is 75.2 cm³/mol. The zero-order valence-electron chi connectivity index (χ0n) is 9.72. The summed E-state index contributed by atoms with van der Waals surface area (Å²) < 4.78 is 0. The summed E-state index contributed by atoms with van der Waals surface area (Å²) in [5.74, 6) is 0.545. The predicted octanol–water partition coefficient (Wildman–Crippen LogP) is 2.73. The third kappa shape index (κ3) is 3.75. The topological polar surface area (TPSA) is 62.7 Å². The van der Waals surface area contributed by atoms with E-state index in [1.54, 1.807) is 0 Å². The molecule has 2 aromatic rings. The van der Waals surface area contributed by atoms with Crippen LogP contribution in [0.1, 0.15) is 0 Å². The summed E-state index contributed by atoms with van der Waals surface area (Å²) in [6.07, 6.45) is 3.41. The fourth-order valence-electron chi connectivity index (χ4n) is 1.29. The number of halogens is 1. The quantitative estimate of drug-likeness (QED) is 0.649. The van der Waals surface area contributed by atoms with E-state index in [1.165, 1.54) is 18.1 Å². The molecule has 0 aliphatic heterocycles. The zero-order chi connectivity index (χ0) is 12.8. The smallest absolute Gasteiger partial charge is 0.228 e. The van der Waals surface area contributed by atoms with E-state index < -0.39 is 0 Å². The van der Waals surface area contributed by atoms with E-state index >= 15 is 0 Å². The molecular weight excluding hydrogens is 270 g/mol. The van der Waals surface area contributed by atoms with Crippen molar-refractivity contribution in [1.29, 1.82) is 0 Å². The van der Waals surface area contributed by atoms with Crippen molar-refractivity contribution in [3.63, 3.8) is 0 Å². The van der Waals surface area contributed by atoms with E-state index in [0.717, 1.165) is 5.69 Å². The molecule has 7 heteroatoms. The number of hydrogen-bond donors (Lipinski definition) is 2. The summed E-state index contributed by atoms with van der Waals surface area (Å²) in [7, 11) is 0. The lowest BCUT2D eigenvalue weighted by molar-refractivity contribution is 0.901. The first-order chi connectivity index (χ1) is 8.78. The van der Waals surface area contributed by atoms with Crippen molar-refractivity contribution < 1.29 is 0 Å². The molecule has 0 radical (unpaired) electrons. The van der Waals surface area contributed by atoms with Crippen LogP contribution in [0.3, 0.4) is 0 Å². The highest BCUT2D eigenvalue weighted by molar-refractivity contribution is 7.98. The van der Waals surface area contributed by atoms with Crippen LogP contribution in [0, 0.1) is 0 Å². The first kappa shape index (κ1) is 12.9. The van der Waals surface area contributed by atoms with Crippen LogP contribution in [0.5, 0.6) is 0 Å². The van der Waals surface area contributed by atoms with Gasteiger partial charge in [-0.05, 0) is 24.5 Å². The number of nitrogens with one attached hydrogen (secondary N) is 2. The van der Waals surface area contributed by atoms with Gasteiger partial charge in [-0.1, -0.05) is 29.4 Å². The van der Waals surface area contributed by atoms with Gasteiger partial charge in [0.15, 0.2) is 5.16 Å². The van der Waals surface area contributed by atoms with Crippen LogP contribution in [-0.2, 0) is 0 Å². The van der Waals surface area contributed by atoms with Gasteiger partial charge in [-0.2, -0.15) is 4.98 Å². The van der Waals surface area contributed by atoms with E-state index in [2.05, 4.69) is 25.6 Å². The van der Waals surface area contributed by atoms with Gasteiger partial charge in [0.25, 0.3) is 0 Å². The molecular formula is C11H12ClN5S. The fourth-order valence-corrected chi connectivity index (χ4v) is 1.81. The number of benzene rings is 1. The van der Waals surface area contributed by atoms with Crippen LogP contribution in [0.25, 0.3) is 0 Å². The molecule has 0 spiro atoms. The summed E-state index contributed by atoms with van der Waals surface area (Å²) >= 11 is 7.36. The molecule has 0 atom stereocenters. The second kappa shape index (κ2) is 6.42. The van der Waals surface area contributed by atoms with Gasteiger partial charge in [-0.3, -0.25) is 0 Å². The Balaban J connectivity index is 1.88. The normalized spacial score (nSPS) is 10.1. The van der Waals surface area contributed by atoms with Crippen molar-refractivity contribution in [2.24, 2.45) is 0 Å². The van der Waals surface area contributed by atoms with Crippen molar-refractivity contribution >= 4 is 35.0 Å². The Labute approximate surface area is 114 Å². The lowest BCUT2D eigenvalue weighted by atomic mass is 10.3. The Morgan fingerprint density at radius 1 is 1.28 bits per heavy atom. The molecule has 0 fully saturated rings. The maximum atomic E-state index is 5.88. The first-order valence-corrected chi connectivity index (χ1v) is 6.84. The molecule has 5 nitrogen and oxygen atoms in total. The highest BCUT2D eigenvalue weighted by atomic mass is 35.5. The molecule has 0 saturated heterocycles. The number of thioether (sulfide) groups is 1. The average Bonchev–Trinajstić information content (AvgIpc) is 2.39. The molecule has 2 rings (SSSR count). The molecule has 18 heavy (non-hydrogen) atoms. The summed E-state index contributed by atoms with van der Waals surface area (Å²) in [6, 6.07) is 7.51. The fraction of sp³-hybridized carbons (Fsp3) is 0.182. The molecule has 1 aromatic carbocycles. The van der Waals surface area contributed by atoms with Crippen LogP contribution in [-0.4, -0.2) is 27.9 Å². The second-order valence-corrected chi connectivity index (χ2v) is 4.55. The van der Waals surface area contributed by atoms with Crippen LogP contribution in [0.4, 0.5) is 11.6 Å². The Hall–Kier alpha value is -1.53. The van der Waals surface area contributed by atoms with Gasteiger partial charge >= 0.3 is 0 Å². The van der Waals surface area contributed by atoms with E-state index in [1.807, 2.05) is 30.5 Å². The summed E-state index contributed by atoms with van der Waals surface area (Å²) in [5, 5.41) is 7.62. The van der Waals surface area contributed by atoms with Crippen molar-refractivity contribution in [2.75, 3.05) is 23.6 Å². The van der Waals surface area contributed by atoms with Crippen LogP contribution in [0.15, 0.2) is 35.7 Å². The highest BCUT2D eigenvalue weighted by Crippen LogP contribution is 2.14. The number of hydrogen-bond acceptors (Lipinski definition) is 6. The number of aromatic nitrogens is 3. The molecule has 0 bridgehead atoms. The van der Waals surface area contributed by atoms with Gasteiger partial charge in [0, 0.05) is 10.7 Å². The van der Waals surface area contributed by atoms with Crippen LogP contribution in [0.2, 0.25) is 5.02 Å². The van der Waals surface area contributed by atoms with E-state index in [4.69, 9.17) is 11.6 Å². The molecule has 0 aliphatic carbocycles. The third-order valence-corrected chi connectivity index (χ3v) is 2.89. The van der Waals surface area contributed by atoms with Crippen molar-refractivity contribution in [2.45, 2.75) is 5.16 Å². The van der Waals surface area contributed by atoms with Gasteiger partial charge in [0.05, 0.1) is 6.67 Å². The van der Waals surface area contributed by atoms with Gasteiger partial charge in [-0.15, -0.1) is 0 Å². The van der Waals surface area contributed by atoms with Crippen LogP contribution >= 0.6 is 23.4 Å². The molecule has 1 aromatic heterocycles. The Bertz CT molecular complexity index is 522. The van der Waals surface area contributed by atoms with Gasteiger partial charge in [0.1, 0.15) is 6.33 Å². The molecule has 94 valence electrons.